The second-order valence-corrected chi connectivity index (χ2v) is 6.97. The van der Waals surface area contributed by atoms with E-state index in [2.05, 4.69) is 26.1 Å². The minimum absolute atomic E-state index is 0.229. The molecule has 2 aliphatic heterocycles. The van der Waals surface area contributed by atoms with Crippen LogP contribution in [0, 0.1) is 5.92 Å². The van der Waals surface area contributed by atoms with Crippen LogP contribution in [0.15, 0.2) is 22.7 Å². The van der Waals surface area contributed by atoms with E-state index in [1.54, 1.807) is 4.90 Å². The first-order chi connectivity index (χ1) is 11.0. The first kappa shape index (κ1) is 16.1. The summed E-state index contributed by atoms with van der Waals surface area (Å²) in [6.45, 7) is 2.74. The third-order valence-corrected chi connectivity index (χ3v) is 4.96. The summed E-state index contributed by atoms with van der Waals surface area (Å²) < 4.78 is 0.903. The van der Waals surface area contributed by atoms with E-state index < -0.39 is 11.9 Å². The molecule has 2 N–H and O–H groups in total. The lowest BCUT2D eigenvalue weighted by Gasteiger charge is -2.24. The number of aliphatic carboxylic acids is 1. The fourth-order valence-electron chi connectivity index (χ4n) is 3.18. The smallest absolute Gasteiger partial charge is 0.321 e. The molecule has 0 aliphatic carbocycles. The molecule has 23 heavy (non-hydrogen) atoms. The Bertz CT molecular complexity index is 617. The van der Waals surface area contributed by atoms with Gasteiger partial charge in [0.05, 0.1) is 17.3 Å². The average molecular weight is 382 g/mol. The number of benzene rings is 1. The van der Waals surface area contributed by atoms with Gasteiger partial charge >= 0.3 is 12.0 Å². The van der Waals surface area contributed by atoms with E-state index in [9.17, 15) is 9.59 Å². The van der Waals surface area contributed by atoms with Gasteiger partial charge in [-0.15, -0.1) is 0 Å². The van der Waals surface area contributed by atoms with Crippen LogP contribution in [0.2, 0.25) is 0 Å². The molecule has 0 saturated carbocycles. The lowest BCUT2D eigenvalue weighted by atomic mass is 10.1. The Kier molecular flexibility index (Phi) is 4.75. The second kappa shape index (κ2) is 6.78. The van der Waals surface area contributed by atoms with Gasteiger partial charge in [-0.1, -0.05) is 15.9 Å². The van der Waals surface area contributed by atoms with E-state index in [0.29, 0.717) is 13.0 Å². The molecule has 2 fully saturated rings. The number of hydrogen-bond acceptors (Lipinski definition) is 3. The number of nitrogens with one attached hydrogen (secondary N) is 1. The van der Waals surface area contributed by atoms with E-state index >= 15 is 0 Å². The number of carboxylic acid groups (broad SMARTS) is 1. The van der Waals surface area contributed by atoms with Gasteiger partial charge in [0.15, 0.2) is 0 Å². The molecule has 0 radical (unpaired) electrons. The highest BCUT2D eigenvalue weighted by atomic mass is 79.9. The number of anilines is 2. The van der Waals surface area contributed by atoms with Crippen molar-refractivity contribution in [2.75, 3.05) is 36.4 Å². The first-order valence-corrected chi connectivity index (χ1v) is 8.67. The predicted octanol–water partition coefficient (Wildman–Crippen LogP) is 2.99. The Balaban J connectivity index is 1.73. The van der Waals surface area contributed by atoms with Crippen LogP contribution in [0.4, 0.5) is 16.2 Å². The topological polar surface area (TPSA) is 72.9 Å². The first-order valence-electron chi connectivity index (χ1n) is 7.88. The van der Waals surface area contributed by atoms with E-state index in [-0.39, 0.29) is 12.6 Å². The van der Waals surface area contributed by atoms with Crippen LogP contribution in [0.1, 0.15) is 19.3 Å². The number of carbonyl (C=O) groups is 2. The molecule has 6 nitrogen and oxygen atoms in total. The number of carbonyl (C=O) groups excluding carboxylic acids is 1. The van der Waals surface area contributed by atoms with Crippen LogP contribution >= 0.6 is 15.9 Å². The summed E-state index contributed by atoms with van der Waals surface area (Å²) in [6, 6.07) is 5.65. The summed E-state index contributed by atoms with van der Waals surface area (Å²) in [5, 5.41) is 12.0. The minimum Gasteiger partial charge on any atom is -0.481 e. The third-order valence-electron chi connectivity index (χ3n) is 4.47. The fourth-order valence-corrected chi connectivity index (χ4v) is 3.54. The lowest BCUT2D eigenvalue weighted by Crippen LogP contribution is -2.34. The van der Waals surface area contributed by atoms with Crippen molar-refractivity contribution >= 4 is 39.3 Å². The molecule has 2 saturated heterocycles. The van der Waals surface area contributed by atoms with E-state index in [1.807, 2.05) is 18.2 Å². The summed E-state index contributed by atoms with van der Waals surface area (Å²) in [7, 11) is 0. The molecule has 0 bridgehead atoms. The minimum atomic E-state index is -0.833. The van der Waals surface area contributed by atoms with Crippen molar-refractivity contribution in [2.45, 2.75) is 19.3 Å². The molecule has 124 valence electrons. The van der Waals surface area contributed by atoms with Crippen molar-refractivity contribution in [3.63, 3.8) is 0 Å². The van der Waals surface area contributed by atoms with E-state index in [0.717, 1.165) is 41.8 Å². The van der Waals surface area contributed by atoms with Gasteiger partial charge in [-0.3, -0.25) is 4.79 Å². The maximum absolute atomic E-state index is 12.4. The van der Waals surface area contributed by atoms with Gasteiger partial charge in [-0.05, 0) is 37.5 Å². The van der Waals surface area contributed by atoms with Crippen molar-refractivity contribution < 1.29 is 14.7 Å². The van der Waals surface area contributed by atoms with Gasteiger partial charge in [0.2, 0.25) is 0 Å². The summed E-state index contributed by atoms with van der Waals surface area (Å²) in [6.07, 6.45) is 2.84. The third kappa shape index (κ3) is 3.60. The molecule has 7 heteroatoms. The quantitative estimate of drug-likeness (QED) is 0.843. The Morgan fingerprint density at radius 1 is 1.22 bits per heavy atom. The highest BCUT2D eigenvalue weighted by Gasteiger charge is 2.31. The predicted molar refractivity (Wildman–Crippen MR) is 91.9 cm³/mol. The average Bonchev–Trinajstić information content (AvgIpc) is 3.19. The number of carboxylic acids is 1. The molecule has 1 aromatic rings. The van der Waals surface area contributed by atoms with Crippen molar-refractivity contribution in [3.8, 4) is 0 Å². The lowest BCUT2D eigenvalue weighted by molar-refractivity contribution is -0.141. The van der Waals surface area contributed by atoms with E-state index in [4.69, 9.17) is 5.11 Å². The molecule has 1 unspecified atom stereocenters. The molecule has 1 atom stereocenters. The molecular weight excluding hydrogens is 362 g/mol. The SMILES string of the molecule is O=C(O)C1CCN(C(=O)Nc2cc(Br)ccc2N2CCCC2)C1. The zero-order chi connectivity index (χ0) is 16.4. The normalized spacial score (nSPS) is 20.8. The summed E-state index contributed by atoms with van der Waals surface area (Å²) >= 11 is 3.45. The standard InChI is InChI=1S/C16H20BrN3O3/c17-12-3-4-14(19-6-1-2-7-19)13(9-12)18-16(23)20-8-5-11(10-20)15(21)22/h3-4,9,11H,1-2,5-8,10H2,(H,18,23)(H,21,22). The van der Waals surface area contributed by atoms with Crippen LogP contribution in [0.5, 0.6) is 0 Å². The fraction of sp³-hybridized carbons (Fsp3) is 0.500. The van der Waals surface area contributed by atoms with Gasteiger partial charge in [0.1, 0.15) is 0 Å². The molecule has 2 aliphatic rings. The number of urea groups is 1. The second-order valence-electron chi connectivity index (χ2n) is 6.06. The molecule has 0 spiro atoms. The maximum atomic E-state index is 12.4. The van der Waals surface area contributed by atoms with Crippen LogP contribution in [0.3, 0.4) is 0 Å². The van der Waals surface area contributed by atoms with Crippen LogP contribution in [-0.2, 0) is 4.79 Å². The Morgan fingerprint density at radius 2 is 1.96 bits per heavy atom. The maximum Gasteiger partial charge on any atom is 0.321 e. The van der Waals surface area contributed by atoms with E-state index in [1.165, 1.54) is 0 Å². The van der Waals surface area contributed by atoms with Crippen molar-refractivity contribution in [1.82, 2.24) is 4.90 Å². The van der Waals surface area contributed by atoms with Crippen LogP contribution < -0.4 is 10.2 Å². The Morgan fingerprint density at radius 3 is 2.61 bits per heavy atom. The van der Waals surface area contributed by atoms with Crippen molar-refractivity contribution in [2.24, 2.45) is 5.92 Å². The molecule has 3 rings (SSSR count). The molecule has 2 amide bonds. The number of nitrogens with zero attached hydrogens (tertiary/aromatic N) is 2. The van der Waals surface area contributed by atoms with Gasteiger partial charge < -0.3 is 20.2 Å². The summed E-state index contributed by atoms with van der Waals surface area (Å²) in [4.78, 5) is 27.3. The monoisotopic (exact) mass is 381 g/mol. The number of amides is 2. The van der Waals surface area contributed by atoms with Crippen LogP contribution in [0.25, 0.3) is 0 Å². The number of hydrogen-bond donors (Lipinski definition) is 2. The zero-order valence-electron chi connectivity index (χ0n) is 12.8. The van der Waals surface area contributed by atoms with Gasteiger partial charge in [-0.2, -0.15) is 0 Å². The summed E-state index contributed by atoms with van der Waals surface area (Å²) in [5.74, 6) is -1.29. The summed E-state index contributed by atoms with van der Waals surface area (Å²) in [5.41, 5.74) is 1.79. The zero-order valence-corrected chi connectivity index (χ0v) is 14.4. The largest absolute Gasteiger partial charge is 0.481 e. The molecule has 0 aromatic heterocycles. The van der Waals surface area contributed by atoms with Gasteiger partial charge in [-0.25, -0.2) is 4.79 Å². The van der Waals surface area contributed by atoms with Crippen LogP contribution in [-0.4, -0.2) is 48.2 Å². The highest BCUT2D eigenvalue weighted by Crippen LogP contribution is 2.32. The molecular formula is C16H20BrN3O3. The molecule has 1 aromatic carbocycles. The highest BCUT2D eigenvalue weighted by molar-refractivity contribution is 9.10. The Labute approximate surface area is 143 Å². The number of likely N-dealkylation sites (tertiary alicyclic amines) is 1. The van der Waals surface area contributed by atoms with Crippen molar-refractivity contribution in [3.05, 3.63) is 22.7 Å². The van der Waals surface area contributed by atoms with Gasteiger partial charge in [0.25, 0.3) is 0 Å². The Hall–Kier alpha value is -1.76. The number of rotatable bonds is 3. The van der Waals surface area contributed by atoms with Gasteiger partial charge in [0, 0.05) is 30.7 Å². The molecule has 2 heterocycles. The number of halogens is 1. The van der Waals surface area contributed by atoms with Crippen molar-refractivity contribution in [1.29, 1.82) is 0 Å².